The van der Waals surface area contributed by atoms with Crippen LogP contribution < -0.4 is 9.96 Å². The molecule has 0 fully saturated rings. The van der Waals surface area contributed by atoms with Crippen LogP contribution >= 0.6 is 0 Å². The van der Waals surface area contributed by atoms with Gasteiger partial charge in [-0.1, -0.05) is 60.7 Å². The molecule has 0 aliphatic carbocycles. The van der Waals surface area contributed by atoms with Gasteiger partial charge in [-0.25, -0.2) is 0 Å². The van der Waals surface area contributed by atoms with Gasteiger partial charge in [0, 0.05) is 0 Å². The Morgan fingerprint density at radius 2 is 0.931 bits per heavy atom. The normalized spacial score (nSPS) is 12.9. The van der Waals surface area contributed by atoms with E-state index in [-0.39, 0.29) is 0 Å². The fourth-order valence-electron chi connectivity index (χ4n) is 3.63. The summed E-state index contributed by atoms with van der Waals surface area (Å²) in [6, 6.07) is 21.2. The minimum atomic E-state index is -2.23. The first-order valence-corrected chi connectivity index (χ1v) is 19.2. The Morgan fingerprint density at radius 3 is 1.28 bits per heavy atom. The minimum Gasteiger partial charge on any atom is -0.424 e. The molecule has 0 radical (unpaired) electrons. The zero-order valence-corrected chi connectivity index (χ0v) is 21.9. The number of hydrogen-bond acceptors (Lipinski definition) is 4. The fraction of sp³-hybridized carbons (Fsp3) is 0.455. The Morgan fingerprint density at radius 1 is 0.586 bits per heavy atom. The van der Waals surface area contributed by atoms with Gasteiger partial charge in [-0.3, -0.25) is 0 Å². The van der Waals surface area contributed by atoms with Crippen LogP contribution in [0, 0.1) is 0 Å². The van der Waals surface area contributed by atoms with Gasteiger partial charge >= 0.3 is 8.56 Å². The van der Waals surface area contributed by atoms with Gasteiger partial charge in [0.1, 0.15) is 0 Å². The molecular weight excluding hydrogens is 409 g/mol. The second kappa shape index (κ2) is 10.8. The van der Waals surface area contributed by atoms with E-state index in [4.69, 9.17) is 8.23 Å². The SMILES string of the molecule is C[Si](C)(NCCc1ccccc1)O[Si](C)(C)O[Si](C)(C)NCCc1ccccc1. The van der Waals surface area contributed by atoms with Gasteiger partial charge in [0.15, 0.2) is 0 Å². The summed E-state index contributed by atoms with van der Waals surface area (Å²) in [5, 5.41) is 0. The van der Waals surface area contributed by atoms with E-state index in [0.29, 0.717) is 0 Å². The lowest BCUT2D eigenvalue weighted by molar-refractivity contribution is 0.376. The van der Waals surface area contributed by atoms with Crippen LogP contribution in [0.1, 0.15) is 11.1 Å². The smallest absolute Gasteiger partial charge is 0.312 e. The Labute approximate surface area is 180 Å². The second-order valence-electron chi connectivity index (χ2n) is 8.95. The van der Waals surface area contributed by atoms with Crippen LogP contribution in [0.3, 0.4) is 0 Å². The molecule has 0 atom stereocenters. The van der Waals surface area contributed by atoms with Gasteiger partial charge in [-0.05, 0) is 76.3 Å². The fourth-order valence-corrected chi connectivity index (χ4v) is 16.0. The topological polar surface area (TPSA) is 42.5 Å². The molecule has 0 aliphatic rings. The second-order valence-corrected chi connectivity index (χ2v) is 20.1. The first-order valence-electron chi connectivity index (χ1n) is 10.6. The van der Waals surface area contributed by atoms with Gasteiger partial charge < -0.3 is 18.2 Å². The maximum atomic E-state index is 6.60. The van der Waals surface area contributed by atoms with Crippen LogP contribution in [-0.4, -0.2) is 38.6 Å². The standard InChI is InChI=1S/C22H38N2O2Si3/c1-27(2,23-19-17-21-13-9-7-10-14-21)25-29(5,6)26-28(3,4)24-20-18-22-15-11-8-12-16-22/h7-16,23-24H,17-20H2,1-6H3. The highest BCUT2D eigenvalue weighted by molar-refractivity contribution is 6.86. The highest BCUT2D eigenvalue weighted by Gasteiger charge is 2.39. The van der Waals surface area contributed by atoms with Gasteiger partial charge in [0.2, 0.25) is 0 Å². The van der Waals surface area contributed by atoms with Crippen molar-refractivity contribution in [1.29, 1.82) is 0 Å². The van der Waals surface area contributed by atoms with Crippen molar-refractivity contribution in [3.63, 3.8) is 0 Å². The zero-order valence-electron chi connectivity index (χ0n) is 18.9. The van der Waals surface area contributed by atoms with Crippen LogP contribution in [0.25, 0.3) is 0 Å². The Kier molecular flexibility index (Phi) is 9.02. The Balaban J connectivity index is 1.78. The van der Waals surface area contributed by atoms with E-state index in [2.05, 4.69) is 110 Å². The Hall–Kier alpha value is -1.07. The van der Waals surface area contributed by atoms with Crippen molar-refractivity contribution < 1.29 is 8.23 Å². The quantitative estimate of drug-likeness (QED) is 0.460. The molecule has 0 aromatic heterocycles. The van der Waals surface area contributed by atoms with Gasteiger partial charge in [-0.2, -0.15) is 0 Å². The summed E-state index contributed by atoms with van der Waals surface area (Å²) in [5.74, 6) is 0. The average Bonchev–Trinajstić information content (AvgIpc) is 2.61. The van der Waals surface area contributed by atoms with E-state index >= 15 is 0 Å². The maximum absolute atomic E-state index is 6.60. The molecule has 2 aromatic carbocycles. The number of benzene rings is 2. The molecule has 0 unspecified atom stereocenters. The lowest BCUT2D eigenvalue weighted by atomic mass is 10.2. The third-order valence-corrected chi connectivity index (χ3v) is 14.8. The summed E-state index contributed by atoms with van der Waals surface area (Å²) >= 11 is 0. The molecule has 2 N–H and O–H groups in total. The molecule has 0 bridgehead atoms. The molecule has 0 amide bonds. The summed E-state index contributed by atoms with van der Waals surface area (Å²) in [6.45, 7) is 15.1. The van der Waals surface area contributed by atoms with Gasteiger partial charge in [0.05, 0.1) is 0 Å². The van der Waals surface area contributed by atoms with E-state index < -0.39 is 25.5 Å². The van der Waals surface area contributed by atoms with E-state index in [9.17, 15) is 0 Å². The molecule has 4 nitrogen and oxygen atoms in total. The van der Waals surface area contributed by atoms with Crippen molar-refractivity contribution in [1.82, 2.24) is 9.96 Å². The van der Waals surface area contributed by atoms with Crippen molar-refractivity contribution >= 4 is 25.5 Å². The molecule has 0 saturated heterocycles. The van der Waals surface area contributed by atoms with Crippen molar-refractivity contribution in [2.75, 3.05) is 13.1 Å². The maximum Gasteiger partial charge on any atom is 0.312 e. The van der Waals surface area contributed by atoms with Crippen molar-refractivity contribution in [3.8, 4) is 0 Å². The highest BCUT2D eigenvalue weighted by atomic mass is 28.5. The van der Waals surface area contributed by atoms with E-state index in [0.717, 1.165) is 25.9 Å². The largest absolute Gasteiger partial charge is 0.424 e. The molecular formula is C22H38N2O2Si3. The molecule has 0 spiro atoms. The highest BCUT2D eigenvalue weighted by Crippen LogP contribution is 2.18. The third kappa shape index (κ3) is 9.99. The van der Waals surface area contributed by atoms with Crippen LogP contribution in [0.15, 0.2) is 60.7 Å². The van der Waals surface area contributed by atoms with E-state index in [1.54, 1.807) is 0 Å². The van der Waals surface area contributed by atoms with Crippen LogP contribution in [-0.2, 0) is 21.1 Å². The molecule has 160 valence electrons. The summed E-state index contributed by atoms with van der Waals surface area (Å²) < 4.78 is 13.2. The molecule has 0 aliphatic heterocycles. The van der Waals surface area contributed by atoms with E-state index in [1.165, 1.54) is 11.1 Å². The molecule has 0 heterocycles. The summed E-state index contributed by atoms with van der Waals surface area (Å²) in [5.41, 5.74) is 2.71. The van der Waals surface area contributed by atoms with Crippen LogP contribution in [0.5, 0.6) is 0 Å². The predicted octanol–water partition coefficient (Wildman–Crippen LogP) is 4.79. The third-order valence-electron chi connectivity index (χ3n) is 4.62. The van der Waals surface area contributed by atoms with Crippen LogP contribution in [0.2, 0.25) is 39.3 Å². The number of rotatable bonds is 12. The molecule has 0 saturated carbocycles. The van der Waals surface area contributed by atoms with Crippen molar-refractivity contribution in [2.45, 2.75) is 52.1 Å². The van der Waals surface area contributed by atoms with Gasteiger partial charge in [-0.15, -0.1) is 0 Å². The number of hydrogen-bond donors (Lipinski definition) is 2. The van der Waals surface area contributed by atoms with Gasteiger partial charge in [0.25, 0.3) is 17.0 Å². The van der Waals surface area contributed by atoms with E-state index in [1.807, 2.05) is 0 Å². The Bertz CT molecular complexity index is 664. The summed E-state index contributed by atoms with van der Waals surface area (Å²) in [4.78, 5) is 7.36. The summed E-state index contributed by atoms with van der Waals surface area (Å²) in [7, 11) is -6.22. The molecule has 29 heavy (non-hydrogen) atoms. The van der Waals surface area contributed by atoms with Crippen LogP contribution in [0.4, 0.5) is 0 Å². The molecule has 2 rings (SSSR count). The lowest BCUT2D eigenvalue weighted by Gasteiger charge is -2.38. The van der Waals surface area contributed by atoms with Crippen molar-refractivity contribution in [3.05, 3.63) is 71.8 Å². The lowest BCUT2D eigenvalue weighted by Crippen LogP contribution is -2.61. The zero-order chi connectivity index (χ0) is 21.4. The minimum absolute atomic E-state index is 0.934. The first-order chi connectivity index (χ1) is 13.6. The monoisotopic (exact) mass is 446 g/mol. The summed E-state index contributed by atoms with van der Waals surface area (Å²) in [6.07, 6.45) is 2.04. The van der Waals surface area contributed by atoms with Crippen molar-refractivity contribution in [2.24, 2.45) is 0 Å². The first kappa shape index (κ1) is 24.2. The predicted molar refractivity (Wildman–Crippen MR) is 131 cm³/mol. The number of nitrogens with one attached hydrogen (secondary N) is 2. The average molecular weight is 447 g/mol. The molecule has 2 aromatic rings. The molecule has 7 heteroatoms.